The number of hydrogen-bond donors (Lipinski definition) is 0. The summed E-state index contributed by atoms with van der Waals surface area (Å²) in [6, 6.07) is 52.1. The monoisotopic (exact) mass is 1150 g/mol. The molecule has 0 spiro atoms. The molecule has 10 aromatic rings. The number of anilines is 2. The van der Waals surface area contributed by atoms with Crippen molar-refractivity contribution in [3.63, 3.8) is 0 Å². The van der Waals surface area contributed by atoms with Crippen LogP contribution in [-0.2, 0) is 21.4 Å². The molecule has 14 rings (SSSR count). The fraction of sp³-hybridized carbons (Fsp3) is 0.258. The summed E-state index contributed by atoms with van der Waals surface area (Å²) in [7, 11) is -0.534. The Labute approximate surface area is 476 Å². The van der Waals surface area contributed by atoms with Gasteiger partial charge in [0.1, 0.15) is 35.2 Å². The molecule has 0 saturated carbocycles. The molecule has 5 aromatic carbocycles. The molecule has 5 aromatic heterocycles. The molecule has 4 aliphatic rings. The molecule has 0 unspecified atom stereocenters. The first-order valence-corrected chi connectivity index (χ1v) is 27.6. The molecule has 0 atom stereocenters. The van der Waals surface area contributed by atoms with Crippen molar-refractivity contribution in [2.45, 2.75) is 77.2 Å². The molecule has 15 nitrogen and oxygen atoms in total. The van der Waals surface area contributed by atoms with E-state index < -0.39 is 36.2 Å². The van der Waals surface area contributed by atoms with Crippen LogP contribution in [0.5, 0.6) is 0 Å². The minimum atomic E-state index is -0.832. The number of rotatable bonds is 10. The number of aliphatic imine (C=N–C) groups is 1. The van der Waals surface area contributed by atoms with E-state index in [9.17, 15) is 8.78 Å². The second kappa shape index (κ2) is 21.7. The summed E-state index contributed by atoms with van der Waals surface area (Å²) in [5, 5.41) is 21.6. The Hall–Kier alpha value is -8.26. The lowest BCUT2D eigenvalue weighted by Crippen LogP contribution is -2.48. The third kappa shape index (κ3) is 10.3. The smallest absolute Gasteiger partial charge is 0.421 e. The first-order valence-electron chi connectivity index (χ1n) is 26.8. The highest BCUT2D eigenvalue weighted by molar-refractivity contribution is 9.10. The molecule has 0 bridgehead atoms. The number of halogens is 3. The second-order valence-electron chi connectivity index (χ2n) is 21.5. The summed E-state index contributed by atoms with van der Waals surface area (Å²) in [6.45, 7) is 13.9. The summed E-state index contributed by atoms with van der Waals surface area (Å²) in [5.41, 5.74) is 10.0. The van der Waals surface area contributed by atoms with Crippen molar-refractivity contribution in [1.82, 2.24) is 40.1 Å². The number of nitrogens with zero attached hydrogens (tertiary/aromatic N) is 11. The highest BCUT2D eigenvalue weighted by Crippen LogP contribution is 2.45. The van der Waals surface area contributed by atoms with Crippen molar-refractivity contribution < 1.29 is 26.9 Å². The van der Waals surface area contributed by atoms with Crippen LogP contribution in [0.25, 0.3) is 33.6 Å². The van der Waals surface area contributed by atoms with Gasteiger partial charge < -0.3 is 27.9 Å². The third-order valence-electron chi connectivity index (χ3n) is 15.5. The number of aryl methyl sites for hydroxylation is 2. The van der Waals surface area contributed by atoms with Crippen LogP contribution in [-0.4, -0.2) is 103 Å². The second-order valence-corrected chi connectivity index (χ2v) is 22.2. The molecule has 4 aliphatic heterocycles. The summed E-state index contributed by atoms with van der Waals surface area (Å²) >= 11 is 2.99. The van der Waals surface area contributed by atoms with Gasteiger partial charge in [0.05, 0.1) is 55.2 Å². The molecule has 0 N–H and O–H groups in total. The number of fused-ring (bicyclic) bond motifs is 2. The fourth-order valence-corrected chi connectivity index (χ4v) is 10.9. The highest BCUT2D eigenvalue weighted by Gasteiger charge is 2.52. The Morgan fingerprint density at radius 3 is 1.64 bits per heavy atom. The van der Waals surface area contributed by atoms with Gasteiger partial charge >= 0.3 is 7.12 Å². The Bertz CT molecular complexity index is 3780. The Morgan fingerprint density at radius 1 is 0.593 bits per heavy atom. The van der Waals surface area contributed by atoms with Crippen molar-refractivity contribution in [2.75, 3.05) is 36.0 Å². The maximum atomic E-state index is 13.9. The Balaban J connectivity index is 0.000000163. The highest BCUT2D eigenvalue weighted by atomic mass is 79.9. The van der Waals surface area contributed by atoms with Crippen LogP contribution in [0.3, 0.4) is 0 Å². The van der Waals surface area contributed by atoms with E-state index >= 15 is 0 Å². The number of alkyl halides is 2. The molecule has 408 valence electrons. The molecule has 0 amide bonds. The van der Waals surface area contributed by atoms with Gasteiger partial charge in [0.2, 0.25) is 17.7 Å². The first kappa shape index (κ1) is 53.4. The normalized spacial score (nSPS) is 16.5. The minimum Gasteiger partial charge on any atom is -0.421 e. The lowest BCUT2D eigenvalue weighted by atomic mass is 9.76. The van der Waals surface area contributed by atoms with E-state index in [2.05, 4.69) is 170 Å². The van der Waals surface area contributed by atoms with E-state index in [1.54, 1.807) is 26.2 Å². The predicted molar refractivity (Wildman–Crippen MR) is 312 cm³/mol. The molecule has 9 heterocycles. The van der Waals surface area contributed by atoms with E-state index in [0.717, 1.165) is 83.9 Å². The summed E-state index contributed by atoms with van der Waals surface area (Å²) in [6.07, 6.45) is 1.95. The van der Waals surface area contributed by atoms with Crippen LogP contribution >= 0.6 is 15.9 Å². The van der Waals surface area contributed by atoms with Crippen LogP contribution < -0.4 is 15.3 Å². The zero-order chi connectivity index (χ0) is 56.0. The number of benzene rings is 5. The van der Waals surface area contributed by atoms with Crippen molar-refractivity contribution in [3.8, 4) is 22.7 Å². The summed E-state index contributed by atoms with van der Waals surface area (Å²) in [5.74, 6) is 3.14. The lowest BCUT2D eigenvalue weighted by molar-refractivity contribution is 0.00578. The van der Waals surface area contributed by atoms with Gasteiger partial charge in [-0.25, -0.2) is 23.4 Å². The van der Waals surface area contributed by atoms with E-state index in [-0.39, 0.29) is 0 Å². The number of pyridine rings is 2. The maximum Gasteiger partial charge on any atom is 0.494 e. The van der Waals surface area contributed by atoms with Crippen molar-refractivity contribution >= 4 is 56.8 Å². The van der Waals surface area contributed by atoms with Gasteiger partial charge in [0, 0.05) is 69.8 Å². The zero-order valence-corrected chi connectivity index (χ0v) is 47.1. The largest absolute Gasteiger partial charge is 0.494 e. The molecular formula is C62H57BBrF2N11O4. The van der Waals surface area contributed by atoms with Gasteiger partial charge in [-0.05, 0) is 97.9 Å². The van der Waals surface area contributed by atoms with Crippen molar-refractivity contribution in [1.29, 1.82) is 0 Å². The Kier molecular flexibility index (Phi) is 14.3. The van der Waals surface area contributed by atoms with Gasteiger partial charge in [-0.1, -0.05) is 109 Å². The Morgan fingerprint density at radius 2 is 1.14 bits per heavy atom. The maximum absolute atomic E-state index is 13.9. The van der Waals surface area contributed by atoms with Crippen LogP contribution in [0.15, 0.2) is 183 Å². The quantitative estimate of drug-likeness (QED) is 0.0941. The van der Waals surface area contributed by atoms with E-state index in [1.165, 1.54) is 0 Å². The molecule has 19 heteroatoms. The third-order valence-corrected chi connectivity index (χ3v) is 15.8. The zero-order valence-electron chi connectivity index (χ0n) is 45.5. The molecular weight excluding hydrogens is 1090 g/mol. The average Bonchev–Trinajstić information content (AvgIpc) is 3.34. The van der Waals surface area contributed by atoms with Crippen LogP contribution in [0.2, 0.25) is 0 Å². The molecule has 0 radical (unpaired) electrons. The SMILES string of the molecule is CC1(C)OB(c2ccc3c(c2)c(-c2ccnc(N4CC(F)C4)c2)nn3C(c2ccccc2)(c2ccccc2)c2ccccc2)OC1(C)C.Cc1nnc(-c2ccc3c(c2)C(c2ccnc(N4CC(F)C4)c2)=NC3)o1.Cc1nnc(Br)o1. The molecule has 3 fully saturated rings. The van der Waals surface area contributed by atoms with Crippen molar-refractivity contribution in [3.05, 3.63) is 214 Å². The fourth-order valence-electron chi connectivity index (χ4n) is 10.6. The van der Waals surface area contributed by atoms with Crippen LogP contribution in [0.4, 0.5) is 20.4 Å². The molecule has 0 aliphatic carbocycles. The topological polar surface area (TPSA) is 159 Å². The van der Waals surface area contributed by atoms with E-state index in [0.29, 0.717) is 55.2 Å². The van der Waals surface area contributed by atoms with Crippen molar-refractivity contribution in [2.24, 2.45) is 4.99 Å². The molecule has 3 saturated heterocycles. The summed E-state index contributed by atoms with van der Waals surface area (Å²) < 4.78 is 52.5. The van der Waals surface area contributed by atoms with E-state index in [4.69, 9.17) is 28.2 Å². The minimum absolute atomic E-state index is 0.344. The number of hydrogen-bond acceptors (Lipinski definition) is 14. The summed E-state index contributed by atoms with van der Waals surface area (Å²) in [4.78, 5) is 18.0. The first-order chi connectivity index (χ1) is 39.1. The standard InChI is InChI=1S/C40H38BFN4O2.C19H16FN5O.C3H3BrN2O/c1-38(2)39(3,4)48-41(47-38)32-20-21-35-34(25-32)37(28-22-23-43-36(24-28)45-26-33(42)27-45)44-46(35)40(29-14-8-5-9-15-29,30-16-10-6-11-17-30)31-18-12-7-13-19-31;1-11-23-24-19(26-11)13-2-3-14-8-22-18(16(14)6-13)12-4-5-21-17(7-12)25-9-15(20)10-25;1-2-5-6-3(4)7-2/h5-25,33H,26-27H2,1-4H3;2-7,15H,8-10H2,1H3;1H3. The predicted octanol–water partition coefficient (Wildman–Crippen LogP) is 11.5. The van der Waals surface area contributed by atoms with Gasteiger partial charge in [-0.15, -0.1) is 20.4 Å². The lowest BCUT2D eigenvalue weighted by Gasteiger charge is -2.37. The van der Waals surface area contributed by atoms with Gasteiger partial charge in [-0.3, -0.25) is 4.99 Å². The molecule has 81 heavy (non-hydrogen) atoms. The van der Waals surface area contributed by atoms with E-state index in [1.807, 2.05) is 70.5 Å². The van der Waals surface area contributed by atoms with Crippen LogP contribution in [0, 0.1) is 13.8 Å². The number of aromatic nitrogens is 8. The van der Waals surface area contributed by atoms with Crippen LogP contribution in [0.1, 0.15) is 72.9 Å². The van der Waals surface area contributed by atoms with Gasteiger partial charge in [-0.2, -0.15) is 5.10 Å². The van der Waals surface area contributed by atoms with Gasteiger partial charge in [0.25, 0.3) is 4.80 Å². The van der Waals surface area contributed by atoms with Gasteiger partial charge in [0.15, 0.2) is 0 Å². The average molecular weight is 1150 g/mol.